The zero-order chi connectivity index (χ0) is 30.0. The van der Waals surface area contributed by atoms with Crippen molar-refractivity contribution >= 4 is 21.9 Å². The molecule has 39 heavy (non-hydrogen) atoms. The molecule has 0 bridgehead atoms. The molecule has 0 saturated carbocycles. The van der Waals surface area contributed by atoms with E-state index in [2.05, 4.69) is 20.9 Å². The van der Waals surface area contributed by atoms with E-state index >= 15 is 4.39 Å². The molecule has 1 atom stereocenters. The summed E-state index contributed by atoms with van der Waals surface area (Å²) >= 11 is 0. The lowest BCUT2D eigenvalue weighted by molar-refractivity contribution is 0.0547. The van der Waals surface area contributed by atoms with Crippen LogP contribution in [0, 0.1) is 25.5 Å². The Hall–Kier alpha value is -3.69. The Kier molecular flexibility index (Phi) is 5.40. The van der Waals surface area contributed by atoms with Crippen LogP contribution in [0.2, 0.25) is 0 Å². The summed E-state index contributed by atoms with van der Waals surface area (Å²) in [7, 11) is 1.55. The predicted octanol–water partition coefficient (Wildman–Crippen LogP) is 5.38. The number of benzene rings is 1. The van der Waals surface area contributed by atoms with E-state index < -0.39 is 18.3 Å². The van der Waals surface area contributed by atoms with Gasteiger partial charge in [0.1, 0.15) is 5.82 Å². The van der Waals surface area contributed by atoms with Crippen LogP contribution in [0.4, 0.5) is 4.39 Å². The Balaban J connectivity index is 1.73. The van der Waals surface area contributed by atoms with Crippen molar-refractivity contribution in [2.24, 2.45) is 13.0 Å². The highest BCUT2D eigenvalue weighted by Gasteiger charge is 2.32. The number of pyridine rings is 2. The molecule has 9 heteroatoms. The van der Waals surface area contributed by atoms with Crippen LogP contribution in [0.25, 0.3) is 33.2 Å². The minimum absolute atomic E-state index is 0.0795. The second kappa shape index (κ2) is 9.50. The average Bonchev–Trinajstić information content (AvgIpc) is 3.46. The first-order chi connectivity index (χ1) is 19.8. The van der Waals surface area contributed by atoms with Crippen molar-refractivity contribution in [3.63, 3.8) is 0 Å². The number of rotatable bonds is 5. The molecule has 6 rings (SSSR count). The van der Waals surface area contributed by atoms with Gasteiger partial charge in [-0.1, -0.05) is 5.21 Å². The normalized spacial score (nSPS) is 17.3. The van der Waals surface area contributed by atoms with Crippen molar-refractivity contribution < 1.29 is 18.3 Å². The summed E-state index contributed by atoms with van der Waals surface area (Å²) in [5.41, 5.74) is 3.23. The maximum absolute atomic E-state index is 16.0. The standard InChI is InChI=1S/C30H33FN6O2/c1-17-6-9-32-24(12-17)29(19-7-10-39-11-8-19)37-25-15-21(28-18(2)34-35-36(28)5)23(31)14-22(25)27-26(37)13-20(16-33-27)30(3,4)38/h6,9,12-16,19,29,38H,7-8,10-11H2,1-5H3/i2D3. The van der Waals surface area contributed by atoms with Crippen molar-refractivity contribution in [3.05, 3.63) is 71.1 Å². The van der Waals surface area contributed by atoms with Crippen LogP contribution < -0.4 is 0 Å². The van der Waals surface area contributed by atoms with Crippen molar-refractivity contribution in [1.29, 1.82) is 0 Å². The lowest BCUT2D eigenvalue weighted by Crippen LogP contribution is -2.27. The number of aromatic nitrogens is 6. The van der Waals surface area contributed by atoms with E-state index in [0.29, 0.717) is 35.2 Å². The first-order valence-electron chi connectivity index (χ1n) is 14.6. The van der Waals surface area contributed by atoms with Gasteiger partial charge in [0.15, 0.2) is 0 Å². The molecular formula is C30H33FN6O2. The fraction of sp³-hybridized carbons (Fsp3) is 0.400. The van der Waals surface area contributed by atoms with Gasteiger partial charge in [0.05, 0.1) is 45.3 Å². The van der Waals surface area contributed by atoms with Crippen molar-refractivity contribution in [1.82, 2.24) is 29.5 Å². The molecule has 1 aromatic carbocycles. The molecule has 202 valence electrons. The van der Waals surface area contributed by atoms with Gasteiger partial charge >= 0.3 is 0 Å². The maximum Gasteiger partial charge on any atom is 0.133 e. The number of nitrogens with zero attached hydrogens (tertiary/aromatic N) is 6. The Bertz CT molecular complexity index is 1800. The summed E-state index contributed by atoms with van der Waals surface area (Å²) in [5.74, 6) is -0.468. The molecule has 0 aliphatic carbocycles. The number of hydrogen-bond acceptors (Lipinski definition) is 6. The van der Waals surface area contributed by atoms with E-state index in [-0.39, 0.29) is 28.9 Å². The molecule has 8 nitrogen and oxygen atoms in total. The van der Waals surface area contributed by atoms with E-state index in [9.17, 15) is 5.11 Å². The van der Waals surface area contributed by atoms with E-state index in [0.717, 1.165) is 29.6 Å². The summed E-state index contributed by atoms with van der Waals surface area (Å²) in [6.07, 6.45) is 5.00. The molecule has 1 unspecified atom stereocenters. The van der Waals surface area contributed by atoms with Crippen LogP contribution in [0.1, 0.15) is 59.4 Å². The first kappa shape index (κ1) is 22.2. The number of fused-ring (bicyclic) bond motifs is 3. The second-order valence-corrected chi connectivity index (χ2v) is 10.9. The van der Waals surface area contributed by atoms with Crippen LogP contribution in [-0.4, -0.2) is 47.8 Å². The molecule has 5 aromatic rings. The van der Waals surface area contributed by atoms with Crippen LogP contribution in [0.5, 0.6) is 0 Å². The number of hydrogen-bond donors (Lipinski definition) is 1. The SMILES string of the molecule is [2H]C([2H])([2H])c1nnn(C)c1-c1cc2c(cc1F)c1ncc(C(C)(C)O)cc1n2C(c1cc(C)ccn1)C1CCOCC1. The number of aliphatic hydroxyl groups is 1. The zero-order valence-electron chi connectivity index (χ0n) is 25.4. The van der Waals surface area contributed by atoms with Crippen LogP contribution >= 0.6 is 0 Å². The Morgan fingerprint density at radius 3 is 2.67 bits per heavy atom. The topological polar surface area (TPSA) is 90.9 Å². The molecule has 1 aliphatic rings. The molecule has 1 N–H and O–H groups in total. The summed E-state index contributed by atoms with van der Waals surface area (Å²) in [6.45, 7) is 4.05. The average molecular weight is 532 g/mol. The Morgan fingerprint density at radius 1 is 1.15 bits per heavy atom. The molecule has 4 aromatic heterocycles. The van der Waals surface area contributed by atoms with Crippen molar-refractivity contribution in [2.45, 2.75) is 52.1 Å². The monoisotopic (exact) mass is 531 g/mol. The molecule has 0 spiro atoms. The first-order valence-corrected chi connectivity index (χ1v) is 13.1. The molecule has 0 radical (unpaired) electrons. The molecule has 0 amide bonds. The largest absolute Gasteiger partial charge is 0.386 e. The van der Waals surface area contributed by atoms with Crippen LogP contribution in [0.3, 0.4) is 0 Å². The summed E-state index contributed by atoms with van der Waals surface area (Å²) in [6, 6.07) is 8.73. The van der Waals surface area contributed by atoms with E-state index in [1.165, 1.54) is 10.7 Å². The predicted molar refractivity (Wildman–Crippen MR) is 148 cm³/mol. The Labute approximate surface area is 230 Å². The highest BCUT2D eigenvalue weighted by atomic mass is 19.1. The van der Waals surface area contributed by atoms with E-state index in [4.69, 9.17) is 18.8 Å². The van der Waals surface area contributed by atoms with Gasteiger partial charge in [-0.15, -0.1) is 5.10 Å². The maximum atomic E-state index is 16.0. The van der Waals surface area contributed by atoms with Gasteiger partial charge in [-0.05, 0) is 82.3 Å². The number of aryl methyl sites for hydroxylation is 3. The quantitative estimate of drug-likeness (QED) is 0.328. The Morgan fingerprint density at radius 2 is 1.95 bits per heavy atom. The van der Waals surface area contributed by atoms with Gasteiger partial charge < -0.3 is 14.4 Å². The highest BCUT2D eigenvalue weighted by molar-refractivity contribution is 6.07. The lowest BCUT2D eigenvalue weighted by atomic mass is 9.88. The molecule has 1 saturated heterocycles. The fourth-order valence-electron chi connectivity index (χ4n) is 5.74. The van der Waals surface area contributed by atoms with E-state index in [1.807, 2.05) is 19.1 Å². The third kappa shape index (κ3) is 4.39. The van der Waals surface area contributed by atoms with E-state index in [1.54, 1.807) is 39.4 Å². The van der Waals surface area contributed by atoms with Gasteiger partial charge in [0.25, 0.3) is 0 Å². The summed E-state index contributed by atoms with van der Waals surface area (Å²) < 4.78 is 49.1. The van der Waals surface area contributed by atoms with Gasteiger partial charge in [0.2, 0.25) is 0 Å². The molecule has 5 heterocycles. The van der Waals surface area contributed by atoms with Gasteiger partial charge in [-0.3, -0.25) is 9.97 Å². The zero-order valence-corrected chi connectivity index (χ0v) is 22.4. The highest BCUT2D eigenvalue weighted by Crippen LogP contribution is 2.42. The number of ether oxygens (including phenoxy) is 1. The van der Waals surface area contributed by atoms with Crippen LogP contribution in [0.15, 0.2) is 42.7 Å². The van der Waals surface area contributed by atoms with Crippen LogP contribution in [-0.2, 0) is 17.4 Å². The summed E-state index contributed by atoms with van der Waals surface area (Å²) in [5, 5.41) is 19.3. The smallest absolute Gasteiger partial charge is 0.133 e. The summed E-state index contributed by atoms with van der Waals surface area (Å²) in [4.78, 5) is 9.53. The molecular weight excluding hydrogens is 495 g/mol. The lowest BCUT2D eigenvalue weighted by Gasteiger charge is -2.32. The van der Waals surface area contributed by atoms with Gasteiger partial charge in [-0.2, -0.15) is 0 Å². The molecule has 1 aliphatic heterocycles. The van der Waals surface area contributed by atoms with Crippen molar-refractivity contribution in [2.75, 3.05) is 13.2 Å². The minimum atomic E-state index is -2.59. The fourth-order valence-corrected chi connectivity index (χ4v) is 5.74. The molecule has 1 fully saturated rings. The van der Waals surface area contributed by atoms with Crippen molar-refractivity contribution in [3.8, 4) is 11.3 Å². The van der Waals surface area contributed by atoms with Gasteiger partial charge in [-0.25, -0.2) is 9.07 Å². The third-order valence-corrected chi connectivity index (χ3v) is 7.75. The second-order valence-electron chi connectivity index (χ2n) is 10.9. The van der Waals surface area contributed by atoms with Gasteiger partial charge in [0, 0.05) is 53.3 Å². The minimum Gasteiger partial charge on any atom is -0.386 e. The number of halogens is 1. The third-order valence-electron chi connectivity index (χ3n) is 7.75.